The molecule has 1 saturated heterocycles. The van der Waals surface area contributed by atoms with E-state index in [4.69, 9.17) is 9.31 Å². The Morgan fingerprint density at radius 3 is 2.86 bits per heavy atom. The third-order valence-electron chi connectivity index (χ3n) is 2.47. The third kappa shape index (κ3) is 1.23. The second-order valence-corrected chi connectivity index (χ2v) is 3.40. The standard InChI is InChI=1S/C10H10BNO2/c1-2-10-8(3-4-12-10)7-9(1)11-13-5-6-14-11/h1-4,7,12H,5-6H2. The summed E-state index contributed by atoms with van der Waals surface area (Å²) < 4.78 is 10.9. The molecule has 1 aromatic heterocycles. The van der Waals surface area contributed by atoms with Crippen LogP contribution in [0.4, 0.5) is 0 Å². The lowest BCUT2D eigenvalue weighted by Gasteiger charge is -2.03. The van der Waals surface area contributed by atoms with Crippen LogP contribution in [0.2, 0.25) is 0 Å². The van der Waals surface area contributed by atoms with Crippen molar-refractivity contribution in [1.29, 1.82) is 0 Å². The zero-order chi connectivity index (χ0) is 9.38. The lowest BCUT2D eigenvalue weighted by molar-refractivity contribution is 0.365. The molecule has 1 fully saturated rings. The summed E-state index contributed by atoms with van der Waals surface area (Å²) in [5.74, 6) is 0. The Morgan fingerprint density at radius 2 is 2.00 bits per heavy atom. The molecule has 0 saturated carbocycles. The molecule has 0 amide bonds. The maximum absolute atomic E-state index is 5.43. The Balaban J connectivity index is 2.04. The van der Waals surface area contributed by atoms with Crippen molar-refractivity contribution in [3.8, 4) is 0 Å². The number of aromatic nitrogens is 1. The van der Waals surface area contributed by atoms with Gasteiger partial charge in [-0.15, -0.1) is 0 Å². The molecule has 0 aliphatic carbocycles. The third-order valence-corrected chi connectivity index (χ3v) is 2.47. The number of rotatable bonds is 1. The van der Waals surface area contributed by atoms with Gasteiger partial charge in [-0.3, -0.25) is 0 Å². The molecule has 2 aromatic rings. The molecule has 1 aliphatic rings. The van der Waals surface area contributed by atoms with E-state index in [-0.39, 0.29) is 7.12 Å². The smallest absolute Gasteiger partial charge is 0.405 e. The van der Waals surface area contributed by atoms with Gasteiger partial charge in [0.25, 0.3) is 0 Å². The monoisotopic (exact) mass is 187 g/mol. The molecule has 0 atom stereocenters. The molecule has 1 aromatic carbocycles. The first-order valence-electron chi connectivity index (χ1n) is 4.74. The molecule has 70 valence electrons. The molecule has 14 heavy (non-hydrogen) atoms. The highest BCUT2D eigenvalue weighted by Gasteiger charge is 2.25. The van der Waals surface area contributed by atoms with Crippen LogP contribution in [0.5, 0.6) is 0 Å². The average Bonchev–Trinajstić information content (AvgIpc) is 2.88. The summed E-state index contributed by atoms with van der Waals surface area (Å²) in [7, 11) is -0.172. The van der Waals surface area contributed by atoms with Crippen molar-refractivity contribution in [2.75, 3.05) is 13.2 Å². The van der Waals surface area contributed by atoms with Crippen LogP contribution in [0.3, 0.4) is 0 Å². The molecule has 2 heterocycles. The minimum atomic E-state index is -0.172. The fourth-order valence-corrected chi connectivity index (χ4v) is 1.77. The van der Waals surface area contributed by atoms with Crippen molar-refractivity contribution in [3.63, 3.8) is 0 Å². The average molecular weight is 187 g/mol. The van der Waals surface area contributed by atoms with Gasteiger partial charge in [0, 0.05) is 11.7 Å². The Hall–Kier alpha value is -1.26. The largest absolute Gasteiger partial charge is 0.494 e. The Kier molecular flexibility index (Phi) is 1.82. The summed E-state index contributed by atoms with van der Waals surface area (Å²) in [6.45, 7) is 1.38. The van der Waals surface area contributed by atoms with Crippen LogP contribution >= 0.6 is 0 Å². The van der Waals surface area contributed by atoms with Gasteiger partial charge in [-0.25, -0.2) is 0 Å². The van der Waals surface area contributed by atoms with Crippen LogP contribution < -0.4 is 5.46 Å². The summed E-state index contributed by atoms with van der Waals surface area (Å²) in [6, 6.07) is 8.24. The quantitative estimate of drug-likeness (QED) is 0.673. The zero-order valence-corrected chi connectivity index (χ0v) is 7.69. The van der Waals surface area contributed by atoms with E-state index in [0.717, 1.165) is 11.0 Å². The predicted molar refractivity (Wildman–Crippen MR) is 55.6 cm³/mol. The first kappa shape index (κ1) is 8.09. The highest BCUT2D eigenvalue weighted by molar-refractivity contribution is 6.62. The maximum Gasteiger partial charge on any atom is 0.494 e. The fourth-order valence-electron chi connectivity index (χ4n) is 1.77. The van der Waals surface area contributed by atoms with Crippen molar-refractivity contribution in [1.82, 2.24) is 4.98 Å². The predicted octanol–water partition coefficient (Wildman–Crippen LogP) is 0.910. The van der Waals surface area contributed by atoms with Crippen LogP contribution in [0.25, 0.3) is 10.9 Å². The van der Waals surface area contributed by atoms with Gasteiger partial charge in [-0.1, -0.05) is 12.1 Å². The Morgan fingerprint density at radius 1 is 1.14 bits per heavy atom. The van der Waals surface area contributed by atoms with E-state index < -0.39 is 0 Å². The van der Waals surface area contributed by atoms with Crippen molar-refractivity contribution in [2.24, 2.45) is 0 Å². The summed E-state index contributed by atoms with van der Waals surface area (Å²) in [4.78, 5) is 3.16. The van der Waals surface area contributed by atoms with Crippen LogP contribution in [0.1, 0.15) is 0 Å². The number of hydrogen-bond acceptors (Lipinski definition) is 2. The van der Waals surface area contributed by atoms with Crippen molar-refractivity contribution in [2.45, 2.75) is 0 Å². The van der Waals surface area contributed by atoms with Gasteiger partial charge in [-0.05, 0) is 23.0 Å². The summed E-state index contributed by atoms with van der Waals surface area (Å²) in [5.41, 5.74) is 2.24. The van der Waals surface area contributed by atoms with Crippen molar-refractivity contribution >= 4 is 23.5 Å². The van der Waals surface area contributed by atoms with E-state index in [1.807, 2.05) is 18.3 Å². The van der Waals surface area contributed by atoms with Crippen LogP contribution in [-0.4, -0.2) is 25.3 Å². The second kappa shape index (κ2) is 3.15. The normalized spacial score (nSPS) is 16.7. The van der Waals surface area contributed by atoms with E-state index in [2.05, 4.69) is 17.1 Å². The zero-order valence-electron chi connectivity index (χ0n) is 7.69. The van der Waals surface area contributed by atoms with Gasteiger partial charge in [0.05, 0.1) is 13.2 Å². The molecule has 1 N–H and O–H groups in total. The second-order valence-electron chi connectivity index (χ2n) is 3.40. The van der Waals surface area contributed by atoms with E-state index in [0.29, 0.717) is 13.2 Å². The Labute approximate surface area is 82.2 Å². The molecule has 0 bridgehead atoms. The van der Waals surface area contributed by atoms with Gasteiger partial charge in [0.1, 0.15) is 0 Å². The van der Waals surface area contributed by atoms with Gasteiger partial charge in [0.2, 0.25) is 0 Å². The molecule has 0 unspecified atom stereocenters. The number of hydrogen-bond donors (Lipinski definition) is 1. The molecule has 4 heteroatoms. The molecule has 0 spiro atoms. The topological polar surface area (TPSA) is 34.2 Å². The van der Waals surface area contributed by atoms with Gasteiger partial charge >= 0.3 is 7.12 Å². The number of benzene rings is 1. The van der Waals surface area contributed by atoms with Crippen molar-refractivity contribution in [3.05, 3.63) is 30.5 Å². The van der Waals surface area contributed by atoms with E-state index in [9.17, 15) is 0 Å². The number of H-pyrrole nitrogens is 1. The molecule has 3 rings (SSSR count). The number of fused-ring (bicyclic) bond motifs is 1. The molecule has 0 radical (unpaired) electrons. The maximum atomic E-state index is 5.43. The van der Waals surface area contributed by atoms with E-state index in [1.54, 1.807) is 0 Å². The number of aromatic amines is 1. The highest BCUT2D eigenvalue weighted by atomic mass is 16.6. The summed E-state index contributed by atoms with van der Waals surface area (Å²) in [5, 5.41) is 1.20. The summed E-state index contributed by atoms with van der Waals surface area (Å²) in [6.07, 6.45) is 1.94. The van der Waals surface area contributed by atoms with Crippen molar-refractivity contribution < 1.29 is 9.31 Å². The minimum Gasteiger partial charge on any atom is -0.405 e. The van der Waals surface area contributed by atoms with E-state index >= 15 is 0 Å². The number of nitrogens with one attached hydrogen (secondary N) is 1. The van der Waals surface area contributed by atoms with Crippen LogP contribution in [-0.2, 0) is 9.31 Å². The van der Waals surface area contributed by atoms with Crippen LogP contribution in [0, 0.1) is 0 Å². The lowest BCUT2D eigenvalue weighted by Crippen LogP contribution is -2.31. The Bertz CT molecular complexity index is 448. The molecular formula is C10H10BNO2. The molecule has 3 nitrogen and oxygen atoms in total. The van der Waals surface area contributed by atoms with Gasteiger partial charge < -0.3 is 14.3 Å². The first-order valence-corrected chi connectivity index (χ1v) is 4.74. The molecule has 1 aliphatic heterocycles. The van der Waals surface area contributed by atoms with Gasteiger partial charge in [-0.2, -0.15) is 0 Å². The molecular weight excluding hydrogens is 177 g/mol. The SMILES string of the molecule is c1cc2cc(B3OCCO3)ccc2[nH]1. The first-order chi connectivity index (χ1) is 6.93. The van der Waals surface area contributed by atoms with Gasteiger partial charge in [0.15, 0.2) is 0 Å². The summed E-state index contributed by atoms with van der Waals surface area (Å²) >= 11 is 0. The highest BCUT2D eigenvalue weighted by Crippen LogP contribution is 2.11. The minimum absolute atomic E-state index is 0.172. The van der Waals surface area contributed by atoms with E-state index in [1.165, 1.54) is 5.39 Å². The lowest BCUT2D eigenvalue weighted by atomic mass is 9.79. The fraction of sp³-hybridized carbons (Fsp3) is 0.200. The van der Waals surface area contributed by atoms with Crippen LogP contribution in [0.15, 0.2) is 30.5 Å².